The Morgan fingerprint density at radius 2 is 1.52 bits per heavy atom. The van der Waals surface area contributed by atoms with Gasteiger partial charge in [0.1, 0.15) is 0 Å². The first-order valence-electron chi connectivity index (χ1n) is 7.50. The van der Waals surface area contributed by atoms with Crippen molar-refractivity contribution in [1.29, 1.82) is 0 Å². The lowest BCUT2D eigenvalue weighted by Gasteiger charge is -2.21. The Hall–Kier alpha value is -2.81. The van der Waals surface area contributed by atoms with E-state index in [-0.39, 0.29) is 23.3 Å². The van der Waals surface area contributed by atoms with E-state index in [0.29, 0.717) is 22.3 Å². The molecule has 0 spiro atoms. The molecule has 0 bridgehead atoms. The van der Waals surface area contributed by atoms with Crippen molar-refractivity contribution in [1.82, 2.24) is 0 Å². The van der Waals surface area contributed by atoms with E-state index < -0.39 is 0 Å². The Bertz CT molecular complexity index is 859. The molecular weight excluding hydrogens is 288 g/mol. The van der Waals surface area contributed by atoms with Crippen molar-refractivity contribution in [3.8, 4) is 0 Å². The molecule has 0 aliphatic heterocycles. The van der Waals surface area contributed by atoms with E-state index in [1.165, 1.54) is 13.0 Å². The molecule has 0 heterocycles. The number of benzene rings is 2. The second-order valence-electron chi connectivity index (χ2n) is 5.70. The number of hydrogen-bond donors (Lipinski definition) is 0. The molecule has 3 nitrogen and oxygen atoms in total. The second-order valence-corrected chi connectivity index (χ2v) is 5.70. The van der Waals surface area contributed by atoms with Gasteiger partial charge in [-0.3, -0.25) is 14.4 Å². The molecule has 0 aromatic heterocycles. The van der Waals surface area contributed by atoms with Gasteiger partial charge in [0.15, 0.2) is 17.3 Å². The first-order valence-corrected chi connectivity index (χ1v) is 7.50. The molecule has 1 aliphatic rings. The molecule has 2 aromatic rings. The number of rotatable bonds is 3. The fourth-order valence-electron chi connectivity index (χ4n) is 3.02. The van der Waals surface area contributed by atoms with Crippen molar-refractivity contribution in [2.24, 2.45) is 0 Å². The van der Waals surface area contributed by atoms with Crippen LogP contribution in [0.2, 0.25) is 0 Å². The summed E-state index contributed by atoms with van der Waals surface area (Å²) in [5, 5.41) is 0. The average Bonchev–Trinajstić information content (AvgIpc) is 2.57. The van der Waals surface area contributed by atoms with Crippen LogP contribution in [-0.4, -0.2) is 17.3 Å². The van der Waals surface area contributed by atoms with Gasteiger partial charge in [-0.05, 0) is 18.6 Å². The van der Waals surface area contributed by atoms with Gasteiger partial charge in [-0.15, -0.1) is 0 Å². The van der Waals surface area contributed by atoms with Gasteiger partial charge in [-0.25, -0.2) is 0 Å². The highest BCUT2D eigenvalue weighted by molar-refractivity contribution is 6.25. The number of carbonyl (C=O) groups is 3. The lowest BCUT2D eigenvalue weighted by molar-refractivity contribution is 0.0979. The molecule has 0 saturated heterocycles. The van der Waals surface area contributed by atoms with E-state index in [1.807, 2.05) is 19.1 Å². The monoisotopic (exact) mass is 304 g/mol. The van der Waals surface area contributed by atoms with Crippen LogP contribution in [0, 0.1) is 0 Å². The highest BCUT2D eigenvalue weighted by atomic mass is 16.1. The highest BCUT2D eigenvalue weighted by Gasteiger charge is 2.29. The molecule has 3 rings (SSSR count). The zero-order valence-electron chi connectivity index (χ0n) is 13.0. The summed E-state index contributed by atoms with van der Waals surface area (Å²) < 4.78 is 0. The quantitative estimate of drug-likeness (QED) is 0.805. The van der Waals surface area contributed by atoms with Gasteiger partial charge in [0, 0.05) is 28.2 Å². The number of Topliss-reactive ketones (excluding diaryl/α,β-unsaturated/α-hetero) is 2. The maximum atomic E-state index is 12.8. The molecule has 3 heteroatoms. The zero-order valence-corrected chi connectivity index (χ0v) is 13.0. The maximum absolute atomic E-state index is 12.8. The minimum Gasteiger partial charge on any atom is -0.295 e. The Morgan fingerprint density at radius 1 is 0.913 bits per heavy atom. The molecule has 0 N–H and O–H groups in total. The minimum absolute atomic E-state index is 0.0527. The van der Waals surface area contributed by atoms with E-state index in [0.717, 1.165) is 5.56 Å². The largest absolute Gasteiger partial charge is 0.295 e. The number of carbonyl (C=O) groups excluding carboxylic acids is 3. The molecule has 0 fully saturated rings. The highest BCUT2D eigenvalue weighted by Crippen LogP contribution is 2.33. The number of hydrogen-bond acceptors (Lipinski definition) is 3. The third-order valence-corrected chi connectivity index (χ3v) is 4.26. The first-order chi connectivity index (χ1) is 11.0. The van der Waals surface area contributed by atoms with Gasteiger partial charge in [0.2, 0.25) is 0 Å². The molecule has 0 saturated carbocycles. The lowest BCUT2D eigenvalue weighted by Crippen LogP contribution is -2.21. The van der Waals surface area contributed by atoms with Crippen LogP contribution in [0.5, 0.6) is 0 Å². The van der Waals surface area contributed by atoms with Crippen molar-refractivity contribution >= 4 is 17.3 Å². The third kappa shape index (κ3) is 2.55. The summed E-state index contributed by atoms with van der Waals surface area (Å²) in [6, 6.07) is 14.0. The molecule has 1 unspecified atom stereocenters. The van der Waals surface area contributed by atoms with Gasteiger partial charge in [0.25, 0.3) is 0 Å². The summed E-state index contributed by atoms with van der Waals surface area (Å²) in [7, 11) is 0. The van der Waals surface area contributed by atoms with Crippen LogP contribution >= 0.6 is 0 Å². The van der Waals surface area contributed by atoms with Crippen LogP contribution in [0.3, 0.4) is 0 Å². The van der Waals surface area contributed by atoms with E-state index in [9.17, 15) is 14.4 Å². The molecule has 1 atom stereocenters. The van der Waals surface area contributed by atoms with Crippen molar-refractivity contribution < 1.29 is 14.4 Å². The summed E-state index contributed by atoms with van der Waals surface area (Å²) in [5.41, 5.74) is 2.66. The van der Waals surface area contributed by atoms with Gasteiger partial charge in [-0.1, -0.05) is 55.5 Å². The summed E-state index contributed by atoms with van der Waals surface area (Å²) >= 11 is 0. The summed E-state index contributed by atoms with van der Waals surface area (Å²) in [5.74, 6) is -0.684. The summed E-state index contributed by atoms with van der Waals surface area (Å²) in [4.78, 5) is 36.9. The predicted octanol–water partition coefficient (Wildman–Crippen LogP) is 4.00. The predicted molar refractivity (Wildman–Crippen MR) is 88.0 cm³/mol. The summed E-state index contributed by atoms with van der Waals surface area (Å²) in [6.45, 7) is 3.36. The molecule has 23 heavy (non-hydrogen) atoms. The van der Waals surface area contributed by atoms with E-state index in [4.69, 9.17) is 0 Å². The van der Waals surface area contributed by atoms with E-state index in [2.05, 4.69) is 0 Å². The molecule has 1 aliphatic carbocycles. The number of allylic oxidation sites excluding steroid dienone is 2. The SMILES string of the molecule is CC(=O)c1ccccc1C(C)C1=CC(=O)c2ccccc2C1=O. The second kappa shape index (κ2) is 5.76. The molecule has 114 valence electrons. The smallest absolute Gasteiger partial charge is 0.190 e. The lowest BCUT2D eigenvalue weighted by atomic mass is 9.80. The number of ketones is 3. The van der Waals surface area contributed by atoms with Crippen molar-refractivity contribution in [2.75, 3.05) is 0 Å². The molecule has 2 aromatic carbocycles. The van der Waals surface area contributed by atoms with E-state index in [1.54, 1.807) is 36.4 Å². The van der Waals surface area contributed by atoms with Gasteiger partial charge in [-0.2, -0.15) is 0 Å². The van der Waals surface area contributed by atoms with Crippen molar-refractivity contribution in [2.45, 2.75) is 19.8 Å². The van der Waals surface area contributed by atoms with Crippen LogP contribution in [0.4, 0.5) is 0 Å². The molecule has 0 amide bonds. The Morgan fingerprint density at radius 3 is 2.22 bits per heavy atom. The topological polar surface area (TPSA) is 51.2 Å². The third-order valence-electron chi connectivity index (χ3n) is 4.26. The van der Waals surface area contributed by atoms with Gasteiger partial charge >= 0.3 is 0 Å². The Balaban J connectivity index is 2.08. The fraction of sp³-hybridized carbons (Fsp3) is 0.150. The van der Waals surface area contributed by atoms with Crippen molar-refractivity contribution in [3.63, 3.8) is 0 Å². The fourth-order valence-corrected chi connectivity index (χ4v) is 3.02. The van der Waals surface area contributed by atoms with E-state index >= 15 is 0 Å². The van der Waals surface area contributed by atoms with Crippen LogP contribution < -0.4 is 0 Å². The molecule has 0 radical (unpaired) electrons. The maximum Gasteiger partial charge on any atom is 0.190 e. The van der Waals surface area contributed by atoms with Crippen LogP contribution in [0.1, 0.15) is 56.4 Å². The van der Waals surface area contributed by atoms with Gasteiger partial charge < -0.3 is 0 Å². The normalized spacial score (nSPS) is 15.0. The standard InChI is InChI=1S/C20H16O3/c1-12(14-7-3-4-8-15(14)13(2)21)18-11-19(22)16-9-5-6-10-17(16)20(18)23/h3-12H,1-2H3. The van der Waals surface area contributed by atoms with Crippen LogP contribution in [-0.2, 0) is 0 Å². The molecular formula is C20H16O3. The summed E-state index contributed by atoms with van der Waals surface area (Å²) in [6.07, 6.45) is 1.41. The Kier molecular flexibility index (Phi) is 3.78. The average molecular weight is 304 g/mol. The number of fused-ring (bicyclic) bond motifs is 1. The minimum atomic E-state index is -0.320. The van der Waals surface area contributed by atoms with Crippen LogP contribution in [0.15, 0.2) is 60.2 Å². The van der Waals surface area contributed by atoms with Crippen molar-refractivity contribution in [3.05, 3.63) is 82.4 Å². The van der Waals surface area contributed by atoms with Crippen LogP contribution in [0.25, 0.3) is 0 Å². The zero-order chi connectivity index (χ0) is 16.6. The van der Waals surface area contributed by atoms with Gasteiger partial charge in [0.05, 0.1) is 0 Å². The Labute approximate surface area is 134 Å². The first kappa shape index (κ1) is 15.1.